The standard InChI is InChI=1S/C58H70O4/c1-35(2)43(33-61-52-22-18-16-20-46(52)49-30-44(57(9,10)11)28-42(55(49)59)29-48-38(5)24-36(3)25-39(48)6)34-62-53-23-19-17-21-47(53)50-31-45(58(12,13)14)32-51(56(50)60-15)54-40(7)26-37(4)27-41(54)8/h16-28,30-32,35,43,59H,29,33-34H2,1-15H3. The molecule has 0 radical (unpaired) electrons. The third-order valence-corrected chi connectivity index (χ3v) is 12.6. The smallest absolute Gasteiger partial charge is 0.134 e. The van der Waals surface area contributed by atoms with E-state index < -0.39 is 0 Å². The van der Waals surface area contributed by atoms with E-state index in [1.54, 1.807) is 7.11 Å². The van der Waals surface area contributed by atoms with Crippen LogP contribution < -0.4 is 14.2 Å². The number of phenolic OH excluding ortho intramolecular Hbond substituents is 1. The molecule has 0 aliphatic carbocycles. The van der Waals surface area contributed by atoms with E-state index in [-0.39, 0.29) is 22.7 Å². The lowest BCUT2D eigenvalue weighted by molar-refractivity contribution is 0.143. The number of phenols is 1. The van der Waals surface area contributed by atoms with Crippen molar-refractivity contribution in [3.05, 3.63) is 153 Å². The van der Waals surface area contributed by atoms with E-state index in [0.29, 0.717) is 25.4 Å². The molecule has 6 rings (SSSR count). The van der Waals surface area contributed by atoms with Crippen molar-refractivity contribution in [2.75, 3.05) is 20.3 Å². The Morgan fingerprint density at radius 1 is 0.532 bits per heavy atom. The molecule has 62 heavy (non-hydrogen) atoms. The van der Waals surface area contributed by atoms with Crippen molar-refractivity contribution in [2.24, 2.45) is 11.8 Å². The largest absolute Gasteiger partial charge is 0.507 e. The Morgan fingerprint density at radius 3 is 1.45 bits per heavy atom. The Kier molecular flexibility index (Phi) is 13.7. The first-order chi connectivity index (χ1) is 29.2. The average Bonchev–Trinajstić information content (AvgIpc) is 3.18. The summed E-state index contributed by atoms with van der Waals surface area (Å²) in [5.41, 5.74) is 17.8. The van der Waals surface area contributed by atoms with Crippen molar-refractivity contribution in [3.8, 4) is 56.4 Å². The van der Waals surface area contributed by atoms with Crippen LogP contribution in [0.3, 0.4) is 0 Å². The Bertz CT molecular complexity index is 2510. The summed E-state index contributed by atoms with van der Waals surface area (Å²) >= 11 is 0. The van der Waals surface area contributed by atoms with Crippen LogP contribution in [0, 0.1) is 53.4 Å². The van der Waals surface area contributed by atoms with Gasteiger partial charge in [-0.25, -0.2) is 0 Å². The lowest BCUT2D eigenvalue weighted by Gasteiger charge is -2.26. The maximum Gasteiger partial charge on any atom is 0.134 e. The van der Waals surface area contributed by atoms with Gasteiger partial charge in [0.15, 0.2) is 0 Å². The molecule has 0 fully saturated rings. The third-order valence-electron chi connectivity index (χ3n) is 12.6. The monoisotopic (exact) mass is 831 g/mol. The number of benzene rings is 6. The SMILES string of the molecule is COc1c(-c2ccccc2OCC(COc2ccccc2-c2cc(C(C)(C)C)cc(Cc3c(C)cc(C)cc3C)c2O)C(C)C)cc(C(C)(C)C)cc1-c1c(C)cc(C)cc1C. The van der Waals surface area contributed by atoms with Crippen LogP contribution in [0.25, 0.3) is 33.4 Å². The number of hydrogen-bond donors (Lipinski definition) is 1. The highest BCUT2D eigenvalue weighted by molar-refractivity contribution is 5.88. The van der Waals surface area contributed by atoms with Crippen molar-refractivity contribution in [1.82, 2.24) is 0 Å². The number of hydrogen-bond acceptors (Lipinski definition) is 4. The van der Waals surface area contributed by atoms with Crippen LogP contribution in [0.5, 0.6) is 23.0 Å². The molecular formula is C58H70O4. The van der Waals surface area contributed by atoms with Crippen LogP contribution in [-0.4, -0.2) is 25.4 Å². The van der Waals surface area contributed by atoms with Crippen molar-refractivity contribution in [1.29, 1.82) is 0 Å². The zero-order valence-electron chi connectivity index (χ0n) is 40.2. The summed E-state index contributed by atoms with van der Waals surface area (Å²) in [5.74, 6) is 3.04. The highest BCUT2D eigenvalue weighted by Crippen LogP contribution is 2.47. The molecule has 1 unspecified atom stereocenters. The van der Waals surface area contributed by atoms with E-state index in [1.807, 2.05) is 24.3 Å². The molecule has 6 aromatic rings. The molecule has 1 N–H and O–H groups in total. The van der Waals surface area contributed by atoms with E-state index in [4.69, 9.17) is 14.2 Å². The second kappa shape index (κ2) is 18.5. The number of rotatable bonds is 13. The van der Waals surface area contributed by atoms with E-state index >= 15 is 0 Å². The van der Waals surface area contributed by atoms with E-state index in [0.717, 1.165) is 50.6 Å². The highest BCUT2D eigenvalue weighted by Gasteiger charge is 2.26. The molecule has 326 valence electrons. The molecule has 0 heterocycles. The first-order valence-corrected chi connectivity index (χ1v) is 22.4. The number of para-hydroxylation sites is 2. The third kappa shape index (κ3) is 10.1. The molecule has 0 bridgehead atoms. The number of aryl methyl sites for hydroxylation is 6. The Morgan fingerprint density at radius 2 is 0.968 bits per heavy atom. The van der Waals surface area contributed by atoms with Gasteiger partial charge in [0.1, 0.15) is 23.0 Å². The van der Waals surface area contributed by atoms with Crippen LogP contribution >= 0.6 is 0 Å². The van der Waals surface area contributed by atoms with E-state index in [2.05, 4.69) is 170 Å². The van der Waals surface area contributed by atoms with E-state index in [9.17, 15) is 5.11 Å². The average molecular weight is 831 g/mol. The van der Waals surface area contributed by atoms with Crippen LogP contribution in [0.2, 0.25) is 0 Å². The molecule has 0 aliphatic rings. The first kappa shape index (κ1) is 46.0. The molecule has 0 amide bonds. The minimum atomic E-state index is -0.126. The van der Waals surface area contributed by atoms with Crippen molar-refractivity contribution in [3.63, 3.8) is 0 Å². The summed E-state index contributed by atoms with van der Waals surface area (Å²) in [6, 6.07) is 34.3. The first-order valence-electron chi connectivity index (χ1n) is 22.4. The van der Waals surface area contributed by atoms with Gasteiger partial charge in [-0.3, -0.25) is 0 Å². The molecule has 0 saturated heterocycles. The molecule has 0 aliphatic heterocycles. The summed E-state index contributed by atoms with van der Waals surface area (Å²) in [6.45, 7) is 31.9. The van der Waals surface area contributed by atoms with Crippen LogP contribution in [0.1, 0.15) is 111 Å². The molecule has 0 aromatic heterocycles. The van der Waals surface area contributed by atoms with Gasteiger partial charge in [0.2, 0.25) is 0 Å². The fourth-order valence-corrected chi connectivity index (χ4v) is 8.88. The Labute approximate surface area is 373 Å². The van der Waals surface area contributed by atoms with Gasteiger partial charge in [-0.15, -0.1) is 0 Å². The van der Waals surface area contributed by atoms with Gasteiger partial charge in [0.25, 0.3) is 0 Å². The van der Waals surface area contributed by atoms with Crippen LogP contribution in [0.4, 0.5) is 0 Å². The molecule has 4 nitrogen and oxygen atoms in total. The van der Waals surface area contributed by atoms with Gasteiger partial charge in [-0.05, 0) is 139 Å². The summed E-state index contributed by atoms with van der Waals surface area (Å²) in [7, 11) is 1.78. The van der Waals surface area contributed by atoms with Crippen molar-refractivity contribution in [2.45, 2.75) is 114 Å². The zero-order valence-corrected chi connectivity index (χ0v) is 40.2. The summed E-state index contributed by atoms with van der Waals surface area (Å²) in [4.78, 5) is 0. The molecule has 0 saturated carbocycles. The lowest BCUT2D eigenvalue weighted by atomic mass is 9.81. The predicted octanol–water partition coefficient (Wildman–Crippen LogP) is 15.2. The van der Waals surface area contributed by atoms with Gasteiger partial charge in [-0.2, -0.15) is 0 Å². The van der Waals surface area contributed by atoms with Gasteiger partial charge in [-0.1, -0.05) is 133 Å². The Hall–Kier alpha value is -5.48. The molecule has 0 spiro atoms. The second-order valence-electron chi connectivity index (χ2n) is 20.1. The Balaban J connectivity index is 1.32. The van der Waals surface area contributed by atoms with E-state index in [1.165, 1.54) is 55.6 Å². The van der Waals surface area contributed by atoms with Gasteiger partial charge in [0.05, 0.1) is 20.3 Å². The molecule has 6 aromatic carbocycles. The maximum absolute atomic E-state index is 12.1. The minimum Gasteiger partial charge on any atom is -0.507 e. The normalized spacial score (nSPS) is 12.5. The highest BCUT2D eigenvalue weighted by atomic mass is 16.5. The number of aromatic hydroxyl groups is 1. The number of methoxy groups -OCH3 is 1. The fraction of sp³-hybridized carbons (Fsp3) is 0.379. The second-order valence-corrected chi connectivity index (χ2v) is 20.1. The summed E-state index contributed by atoms with van der Waals surface area (Å²) in [5, 5.41) is 12.1. The van der Waals surface area contributed by atoms with Gasteiger partial charge >= 0.3 is 0 Å². The quantitative estimate of drug-likeness (QED) is 0.126. The predicted molar refractivity (Wildman–Crippen MR) is 262 cm³/mol. The number of ether oxygens (including phenoxy) is 3. The topological polar surface area (TPSA) is 47.9 Å². The lowest BCUT2D eigenvalue weighted by Crippen LogP contribution is -2.25. The van der Waals surface area contributed by atoms with Gasteiger partial charge in [0, 0.05) is 40.2 Å². The van der Waals surface area contributed by atoms with Crippen LogP contribution in [0.15, 0.2) is 97.1 Å². The van der Waals surface area contributed by atoms with Crippen LogP contribution in [-0.2, 0) is 17.3 Å². The molecular weight excluding hydrogens is 761 g/mol. The fourth-order valence-electron chi connectivity index (χ4n) is 8.88. The maximum atomic E-state index is 12.1. The summed E-state index contributed by atoms with van der Waals surface area (Å²) in [6.07, 6.45) is 0.650. The van der Waals surface area contributed by atoms with Gasteiger partial charge < -0.3 is 19.3 Å². The van der Waals surface area contributed by atoms with Crippen molar-refractivity contribution < 1.29 is 19.3 Å². The zero-order chi connectivity index (χ0) is 45.3. The van der Waals surface area contributed by atoms with Crippen molar-refractivity contribution >= 4 is 0 Å². The molecule has 1 atom stereocenters. The summed E-state index contributed by atoms with van der Waals surface area (Å²) < 4.78 is 20.0. The minimum absolute atomic E-state index is 0.0740. The molecule has 4 heteroatoms.